The minimum absolute atomic E-state index is 0.110. The lowest BCUT2D eigenvalue weighted by atomic mass is 10.0. The minimum Gasteiger partial charge on any atom is -0.481 e. The molecule has 0 spiro atoms. The third kappa shape index (κ3) is 3.74. The predicted molar refractivity (Wildman–Crippen MR) is 92.0 cm³/mol. The molecule has 0 aliphatic heterocycles. The monoisotopic (exact) mass is 362 g/mol. The number of nitrogens with one attached hydrogen (secondary N) is 1. The van der Waals surface area contributed by atoms with Crippen LogP contribution in [0.5, 0.6) is 0 Å². The summed E-state index contributed by atoms with van der Waals surface area (Å²) in [6, 6.07) is -0.776. The highest BCUT2D eigenvalue weighted by Crippen LogP contribution is 2.30. The van der Waals surface area contributed by atoms with Gasteiger partial charge >= 0.3 is 5.97 Å². The largest absolute Gasteiger partial charge is 0.481 e. The number of aliphatic hydroxyl groups excluding tert-OH is 1. The molecule has 0 unspecified atom stereocenters. The molecule has 1 aliphatic rings. The summed E-state index contributed by atoms with van der Waals surface area (Å²) in [6.07, 6.45) is 4.80. The van der Waals surface area contributed by atoms with Gasteiger partial charge in [-0.2, -0.15) is 0 Å². The van der Waals surface area contributed by atoms with E-state index in [2.05, 4.69) is 20.3 Å². The molecule has 0 bridgehead atoms. The first kappa shape index (κ1) is 18.1. The average molecular weight is 362 g/mol. The summed E-state index contributed by atoms with van der Waals surface area (Å²) in [7, 11) is 0. The van der Waals surface area contributed by atoms with Gasteiger partial charge in [0.15, 0.2) is 11.5 Å². The molecule has 1 saturated carbocycles. The molecule has 10 heteroatoms. The van der Waals surface area contributed by atoms with Crippen LogP contribution in [0.25, 0.3) is 11.2 Å². The van der Waals surface area contributed by atoms with Crippen LogP contribution in [0.1, 0.15) is 44.6 Å². The number of amides is 1. The van der Waals surface area contributed by atoms with E-state index in [1.807, 2.05) is 0 Å². The van der Waals surface area contributed by atoms with Crippen molar-refractivity contribution in [3.05, 3.63) is 12.7 Å². The van der Waals surface area contributed by atoms with Crippen molar-refractivity contribution in [2.45, 2.75) is 56.7 Å². The fraction of sp³-hybridized carbons (Fsp3) is 0.562. The zero-order valence-corrected chi connectivity index (χ0v) is 14.2. The highest BCUT2D eigenvalue weighted by atomic mass is 16.4. The number of aromatic nitrogens is 4. The number of nitrogens with zero attached hydrogens (tertiary/aromatic N) is 4. The number of aliphatic carboxylic acids is 1. The minimum atomic E-state index is -1.03. The fourth-order valence-corrected chi connectivity index (χ4v) is 3.40. The number of nitrogens with two attached hydrogens (primary N) is 1. The molecule has 1 fully saturated rings. The van der Waals surface area contributed by atoms with Crippen molar-refractivity contribution in [1.29, 1.82) is 0 Å². The molecule has 10 nitrogen and oxygen atoms in total. The third-order valence-electron chi connectivity index (χ3n) is 4.73. The second kappa shape index (κ2) is 7.65. The summed E-state index contributed by atoms with van der Waals surface area (Å²) in [5.74, 6) is -1.13. The predicted octanol–water partition coefficient (Wildman–Crippen LogP) is 0.234. The van der Waals surface area contributed by atoms with Gasteiger partial charge in [0.05, 0.1) is 30.9 Å². The van der Waals surface area contributed by atoms with E-state index in [9.17, 15) is 14.7 Å². The first-order chi connectivity index (χ1) is 12.5. The van der Waals surface area contributed by atoms with Gasteiger partial charge in [-0.05, 0) is 12.8 Å². The topological polar surface area (TPSA) is 156 Å². The summed E-state index contributed by atoms with van der Waals surface area (Å²) in [6.45, 7) is 0. The van der Waals surface area contributed by atoms with Gasteiger partial charge in [0.25, 0.3) is 0 Å². The zero-order chi connectivity index (χ0) is 18.7. The van der Waals surface area contributed by atoms with E-state index in [0.717, 1.165) is 12.8 Å². The van der Waals surface area contributed by atoms with E-state index in [-0.39, 0.29) is 30.6 Å². The molecule has 1 amide bonds. The Morgan fingerprint density at radius 3 is 2.77 bits per heavy atom. The Balaban J connectivity index is 1.79. The Labute approximate surface area is 149 Å². The van der Waals surface area contributed by atoms with Crippen molar-refractivity contribution in [3.63, 3.8) is 0 Å². The van der Waals surface area contributed by atoms with Crippen LogP contribution in [-0.4, -0.2) is 53.8 Å². The second-order valence-corrected chi connectivity index (χ2v) is 6.49. The van der Waals surface area contributed by atoms with Crippen LogP contribution >= 0.6 is 0 Å². The maximum Gasteiger partial charge on any atom is 0.303 e. The molecule has 3 rings (SSSR count). The van der Waals surface area contributed by atoms with Crippen LogP contribution in [0, 0.1) is 0 Å². The van der Waals surface area contributed by atoms with Crippen molar-refractivity contribution in [2.24, 2.45) is 0 Å². The van der Waals surface area contributed by atoms with Gasteiger partial charge < -0.3 is 25.8 Å². The maximum atomic E-state index is 12.0. The smallest absolute Gasteiger partial charge is 0.303 e. The van der Waals surface area contributed by atoms with Gasteiger partial charge in [-0.1, -0.05) is 12.8 Å². The standard InChI is InChI=1S/C16H22N6O4/c17-15-13-16(19-7-18-15)22(8-20-13)10-4-2-1-3-9(14(10)26)21-11(23)5-6-12(24)25/h7-10,14,26H,1-6H2,(H,21,23)(H,24,25)(H2,17,18,19)/t9-,10+,14+/m0/s1. The molecule has 1 aliphatic carbocycles. The summed E-state index contributed by atoms with van der Waals surface area (Å²) in [5, 5.41) is 22.3. The summed E-state index contributed by atoms with van der Waals surface area (Å²) in [5.41, 5.74) is 6.84. The van der Waals surface area contributed by atoms with Gasteiger partial charge in [-0.25, -0.2) is 15.0 Å². The molecule has 2 aromatic rings. The molecule has 3 atom stereocenters. The molecule has 0 saturated heterocycles. The van der Waals surface area contributed by atoms with E-state index in [0.29, 0.717) is 24.0 Å². The van der Waals surface area contributed by atoms with E-state index in [1.165, 1.54) is 6.33 Å². The second-order valence-electron chi connectivity index (χ2n) is 6.49. The Morgan fingerprint density at radius 1 is 1.23 bits per heavy atom. The number of hydrogen-bond donors (Lipinski definition) is 4. The van der Waals surface area contributed by atoms with Gasteiger partial charge in [-0.15, -0.1) is 0 Å². The van der Waals surface area contributed by atoms with Crippen molar-refractivity contribution < 1.29 is 19.8 Å². The van der Waals surface area contributed by atoms with Gasteiger partial charge in [0, 0.05) is 6.42 Å². The highest BCUT2D eigenvalue weighted by molar-refractivity contribution is 5.81. The fourth-order valence-electron chi connectivity index (χ4n) is 3.40. The number of hydrogen-bond acceptors (Lipinski definition) is 7. The molecule has 5 N–H and O–H groups in total. The molecular formula is C16H22N6O4. The van der Waals surface area contributed by atoms with Crippen LogP contribution < -0.4 is 11.1 Å². The molecule has 26 heavy (non-hydrogen) atoms. The number of imidazole rings is 1. The number of carbonyl (C=O) groups excluding carboxylic acids is 1. The van der Waals surface area contributed by atoms with Gasteiger partial charge in [0.1, 0.15) is 11.8 Å². The number of rotatable bonds is 5. The lowest BCUT2D eigenvalue weighted by Gasteiger charge is -2.29. The van der Waals surface area contributed by atoms with E-state index in [4.69, 9.17) is 10.8 Å². The van der Waals surface area contributed by atoms with E-state index < -0.39 is 18.1 Å². The van der Waals surface area contributed by atoms with Crippen molar-refractivity contribution in [1.82, 2.24) is 24.8 Å². The SMILES string of the molecule is Nc1ncnc2c1ncn2[C@@H]1CCCC[C@H](NC(=O)CCC(=O)O)[C@H]1O. The number of nitrogen functional groups attached to an aromatic ring is 1. The Morgan fingerprint density at radius 2 is 2.00 bits per heavy atom. The average Bonchev–Trinajstić information content (AvgIpc) is 2.95. The summed E-state index contributed by atoms with van der Waals surface area (Å²) < 4.78 is 1.78. The summed E-state index contributed by atoms with van der Waals surface area (Å²) in [4.78, 5) is 35.0. The first-order valence-electron chi connectivity index (χ1n) is 8.59. The molecule has 2 heterocycles. The molecule has 0 aromatic carbocycles. The van der Waals surface area contributed by atoms with Gasteiger partial charge in [-0.3, -0.25) is 9.59 Å². The number of anilines is 1. The number of carboxylic acid groups (broad SMARTS) is 1. The Bertz CT molecular complexity index is 807. The normalized spacial score (nSPS) is 23.5. The number of fused-ring (bicyclic) bond motifs is 1. The third-order valence-corrected chi connectivity index (χ3v) is 4.73. The maximum absolute atomic E-state index is 12.0. The van der Waals surface area contributed by atoms with Crippen molar-refractivity contribution in [2.75, 3.05) is 5.73 Å². The Kier molecular flexibility index (Phi) is 5.31. The quantitative estimate of drug-likeness (QED) is 0.551. The van der Waals surface area contributed by atoms with E-state index >= 15 is 0 Å². The highest BCUT2D eigenvalue weighted by Gasteiger charge is 2.33. The first-order valence-corrected chi connectivity index (χ1v) is 8.59. The van der Waals surface area contributed by atoms with Gasteiger partial charge in [0.2, 0.25) is 5.91 Å². The Hall–Kier alpha value is -2.75. The molecular weight excluding hydrogens is 340 g/mol. The number of aliphatic hydroxyl groups is 1. The lowest BCUT2D eigenvalue weighted by Crippen LogP contribution is -2.46. The molecule has 0 radical (unpaired) electrons. The molecule has 140 valence electrons. The number of carbonyl (C=O) groups is 2. The molecule has 2 aromatic heterocycles. The van der Waals surface area contributed by atoms with E-state index in [1.54, 1.807) is 10.9 Å². The summed E-state index contributed by atoms with van der Waals surface area (Å²) >= 11 is 0. The van der Waals surface area contributed by atoms with Crippen LogP contribution in [0.4, 0.5) is 5.82 Å². The van der Waals surface area contributed by atoms with Crippen molar-refractivity contribution in [3.8, 4) is 0 Å². The lowest BCUT2D eigenvalue weighted by molar-refractivity contribution is -0.139. The van der Waals surface area contributed by atoms with Crippen molar-refractivity contribution >= 4 is 28.9 Å². The van der Waals surface area contributed by atoms with Crippen LogP contribution in [0.15, 0.2) is 12.7 Å². The number of carboxylic acids is 1. The van der Waals surface area contributed by atoms with Crippen LogP contribution in [0.2, 0.25) is 0 Å². The van der Waals surface area contributed by atoms with Crippen LogP contribution in [-0.2, 0) is 9.59 Å². The zero-order valence-electron chi connectivity index (χ0n) is 14.2. The van der Waals surface area contributed by atoms with Crippen LogP contribution in [0.3, 0.4) is 0 Å².